The molecule has 1 rings (SSSR count). The summed E-state index contributed by atoms with van der Waals surface area (Å²) in [6.45, 7) is 6.25. The summed E-state index contributed by atoms with van der Waals surface area (Å²) in [7, 11) is 0. The summed E-state index contributed by atoms with van der Waals surface area (Å²) in [5, 5.41) is 4.21. The number of ether oxygens (including phenoxy) is 1. The molecule has 0 spiro atoms. The third-order valence-electron chi connectivity index (χ3n) is 1.89. The van der Waals surface area contributed by atoms with E-state index in [9.17, 15) is 0 Å². The summed E-state index contributed by atoms with van der Waals surface area (Å²) in [5.41, 5.74) is 6.64. The van der Waals surface area contributed by atoms with E-state index in [-0.39, 0.29) is 6.10 Å². The molecule has 0 bridgehead atoms. The number of aromatic nitrogens is 2. The molecule has 1 aromatic heterocycles. The second-order valence-corrected chi connectivity index (χ2v) is 3.57. The van der Waals surface area contributed by atoms with Gasteiger partial charge < -0.3 is 10.5 Å². The van der Waals surface area contributed by atoms with Gasteiger partial charge in [-0.05, 0) is 32.4 Å². The van der Waals surface area contributed by atoms with Crippen LogP contribution in [0.25, 0.3) is 0 Å². The van der Waals surface area contributed by atoms with Gasteiger partial charge in [-0.15, -0.1) is 0 Å². The Labute approximate surface area is 85.0 Å². The molecule has 0 radical (unpaired) electrons. The van der Waals surface area contributed by atoms with Gasteiger partial charge in [0.1, 0.15) is 0 Å². The lowest BCUT2D eigenvalue weighted by atomic mass is 10.3. The Kier molecular flexibility index (Phi) is 4.62. The zero-order valence-corrected chi connectivity index (χ0v) is 8.94. The minimum Gasteiger partial charge on any atom is -0.377 e. The van der Waals surface area contributed by atoms with Crippen molar-refractivity contribution in [3.8, 4) is 0 Å². The molecule has 14 heavy (non-hydrogen) atoms. The van der Waals surface area contributed by atoms with E-state index >= 15 is 0 Å². The normalized spacial score (nSPS) is 11.1. The van der Waals surface area contributed by atoms with E-state index in [2.05, 4.69) is 5.10 Å². The molecule has 0 fully saturated rings. The maximum absolute atomic E-state index is 5.45. The second kappa shape index (κ2) is 5.78. The van der Waals surface area contributed by atoms with Crippen LogP contribution in [0.1, 0.15) is 19.4 Å². The first kappa shape index (κ1) is 11.2. The Morgan fingerprint density at radius 2 is 2.36 bits per heavy atom. The van der Waals surface area contributed by atoms with Crippen molar-refractivity contribution in [2.24, 2.45) is 5.73 Å². The molecule has 1 aromatic rings. The summed E-state index contributed by atoms with van der Waals surface area (Å²) in [4.78, 5) is 0. The van der Waals surface area contributed by atoms with Crippen molar-refractivity contribution in [3.05, 3.63) is 18.0 Å². The first-order valence-electron chi connectivity index (χ1n) is 5.05. The molecule has 0 aliphatic heterocycles. The van der Waals surface area contributed by atoms with Crippen LogP contribution in [0.2, 0.25) is 0 Å². The number of nitrogens with zero attached hydrogens (tertiary/aromatic N) is 2. The van der Waals surface area contributed by atoms with Crippen LogP contribution in [0.4, 0.5) is 0 Å². The molecule has 2 N–H and O–H groups in total. The lowest BCUT2D eigenvalue weighted by molar-refractivity contribution is 0.0709. The highest BCUT2D eigenvalue weighted by molar-refractivity contribution is 5.03. The van der Waals surface area contributed by atoms with Gasteiger partial charge >= 0.3 is 0 Å². The van der Waals surface area contributed by atoms with E-state index in [0.29, 0.717) is 13.2 Å². The third-order valence-corrected chi connectivity index (χ3v) is 1.89. The van der Waals surface area contributed by atoms with Crippen LogP contribution < -0.4 is 5.73 Å². The van der Waals surface area contributed by atoms with Crippen LogP contribution >= 0.6 is 0 Å². The maximum Gasteiger partial charge on any atom is 0.0666 e. The molecule has 0 aliphatic carbocycles. The SMILES string of the molecule is CC(C)OCCn1cc(CCN)cn1. The molecule has 0 aromatic carbocycles. The third kappa shape index (κ3) is 3.89. The van der Waals surface area contributed by atoms with Crippen molar-refractivity contribution in [1.82, 2.24) is 9.78 Å². The molecule has 4 nitrogen and oxygen atoms in total. The van der Waals surface area contributed by atoms with Crippen molar-refractivity contribution in [1.29, 1.82) is 0 Å². The molecule has 0 unspecified atom stereocenters. The molecule has 0 saturated carbocycles. The van der Waals surface area contributed by atoms with Gasteiger partial charge in [0, 0.05) is 6.20 Å². The number of hydrogen-bond acceptors (Lipinski definition) is 3. The largest absolute Gasteiger partial charge is 0.377 e. The molecule has 4 heteroatoms. The Bertz CT molecular complexity index is 258. The van der Waals surface area contributed by atoms with Crippen molar-refractivity contribution in [2.75, 3.05) is 13.2 Å². The quantitative estimate of drug-likeness (QED) is 0.734. The minimum absolute atomic E-state index is 0.286. The van der Waals surface area contributed by atoms with Crippen molar-refractivity contribution in [3.63, 3.8) is 0 Å². The smallest absolute Gasteiger partial charge is 0.0666 e. The monoisotopic (exact) mass is 197 g/mol. The lowest BCUT2D eigenvalue weighted by Crippen LogP contribution is -2.10. The first-order chi connectivity index (χ1) is 6.72. The molecule has 80 valence electrons. The molecule has 0 saturated heterocycles. The fourth-order valence-corrected chi connectivity index (χ4v) is 1.21. The lowest BCUT2D eigenvalue weighted by Gasteiger charge is -2.06. The molecule has 0 amide bonds. The van der Waals surface area contributed by atoms with Crippen molar-refractivity contribution in [2.45, 2.75) is 32.9 Å². The van der Waals surface area contributed by atoms with E-state index in [1.807, 2.05) is 30.9 Å². The summed E-state index contributed by atoms with van der Waals surface area (Å²) in [5.74, 6) is 0. The topological polar surface area (TPSA) is 53.1 Å². The fourth-order valence-electron chi connectivity index (χ4n) is 1.21. The second-order valence-electron chi connectivity index (χ2n) is 3.57. The number of hydrogen-bond donors (Lipinski definition) is 1. The van der Waals surface area contributed by atoms with E-state index in [1.54, 1.807) is 0 Å². The summed E-state index contributed by atoms with van der Waals surface area (Å²) in [6.07, 6.45) is 5.07. The minimum atomic E-state index is 0.286. The Hall–Kier alpha value is -0.870. The summed E-state index contributed by atoms with van der Waals surface area (Å²) in [6, 6.07) is 0. The van der Waals surface area contributed by atoms with Crippen LogP contribution in [0.5, 0.6) is 0 Å². The number of nitrogens with two attached hydrogens (primary N) is 1. The fraction of sp³-hybridized carbons (Fsp3) is 0.700. The molecular weight excluding hydrogens is 178 g/mol. The van der Waals surface area contributed by atoms with Gasteiger partial charge in [0.05, 0.1) is 25.5 Å². The zero-order valence-electron chi connectivity index (χ0n) is 8.94. The average Bonchev–Trinajstić information content (AvgIpc) is 2.53. The van der Waals surface area contributed by atoms with Crippen molar-refractivity contribution >= 4 is 0 Å². The van der Waals surface area contributed by atoms with Gasteiger partial charge in [-0.2, -0.15) is 5.10 Å². The van der Waals surface area contributed by atoms with Crippen LogP contribution in [-0.4, -0.2) is 29.0 Å². The van der Waals surface area contributed by atoms with Crippen LogP contribution in [0.3, 0.4) is 0 Å². The standard InChI is InChI=1S/C10H19N3O/c1-9(2)14-6-5-13-8-10(3-4-11)7-12-13/h7-9H,3-6,11H2,1-2H3. The predicted molar refractivity (Wildman–Crippen MR) is 56.1 cm³/mol. The highest BCUT2D eigenvalue weighted by atomic mass is 16.5. The van der Waals surface area contributed by atoms with Crippen LogP contribution in [-0.2, 0) is 17.7 Å². The van der Waals surface area contributed by atoms with E-state index in [0.717, 1.165) is 13.0 Å². The van der Waals surface area contributed by atoms with E-state index in [4.69, 9.17) is 10.5 Å². The average molecular weight is 197 g/mol. The highest BCUT2D eigenvalue weighted by Crippen LogP contribution is 1.98. The van der Waals surface area contributed by atoms with Crippen molar-refractivity contribution < 1.29 is 4.74 Å². The van der Waals surface area contributed by atoms with Gasteiger partial charge in [0.25, 0.3) is 0 Å². The van der Waals surface area contributed by atoms with Gasteiger partial charge in [-0.3, -0.25) is 4.68 Å². The predicted octanol–water partition coefficient (Wildman–Crippen LogP) is 0.809. The Morgan fingerprint density at radius 1 is 1.57 bits per heavy atom. The zero-order chi connectivity index (χ0) is 10.4. The Morgan fingerprint density at radius 3 is 3.00 bits per heavy atom. The van der Waals surface area contributed by atoms with Crippen LogP contribution in [0.15, 0.2) is 12.4 Å². The molecule has 0 aliphatic rings. The molecule has 1 heterocycles. The highest BCUT2D eigenvalue weighted by Gasteiger charge is 1.98. The van der Waals surface area contributed by atoms with E-state index < -0.39 is 0 Å². The van der Waals surface area contributed by atoms with Gasteiger partial charge in [-0.25, -0.2) is 0 Å². The Balaban J connectivity index is 2.28. The summed E-state index contributed by atoms with van der Waals surface area (Å²) < 4.78 is 7.33. The molecular formula is C10H19N3O. The van der Waals surface area contributed by atoms with Gasteiger partial charge in [-0.1, -0.05) is 0 Å². The molecule has 0 atom stereocenters. The first-order valence-corrected chi connectivity index (χ1v) is 5.05. The van der Waals surface area contributed by atoms with E-state index in [1.165, 1.54) is 5.56 Å². The van der Waals surface area contributed by atoms with Crippen LogP contribution in [0, 0.1) is 0 Å². The summed E-state index contributed by atoms with van der Waals surface area (Å²) >= 11 is 0. The number of rotatable bonds is 6. The maximum atomic E-state index is 5.45. The van der Waals surface area contributed by atoms with Gasteiger partial charge in [0.2, 0.25) is 0 Å². The van der Waals surface area contributed by atoms with Gasteiger partial charge in [0.15, 0.2) is 0 Å².